The van der Waals surface area contributed by atoms with Crippen molar-refractivity contribution in [2.24, 2.45) is 0 Å². The van der Waals surface area contributed by atoms with E-state index in [2.05, 4.69) is 10.6 Å². The highest BCUT2D eigenvalue weighted by atomic mass is 35.5. The number of rotatable bonds is 6. The van der Waals surface area contributed by atoms with Gasteiger partial charge in [-0.3, -0.25) is 14.5 Å². The predicted molar refractivity (Wildman–Crippen MR) is 108 cm³/mol. The molecule has 156 valence electrons. The van der Waals surface area contributed by atoms with E-state index in [9.17, 15) is 14.4 Å². The Bertz CT molecular complexity index is 1030. The van der Waals surface area contributed by atoms with Gasteiger partial charge in [-0.2, -0.15) is 0 Å². The number of hydrogen-bond acceptors (Lipinski definition) is 5. The lowest BCUT2D eigenvalue weighted by molar-refractivity contribution is -0.131. The molecule has 1 fully saturated rings. The molecule has 0 spiro atoms. The number of carbonyl (C=O) groups excluding carboxylic acids is 3. The Kier molecular flexibility index (Phi) is 5.69. The van der Waals surface area contributed by atoms with Crippen molar-refractivity contribution in [3.63, 3.8) is 0 Å². The third-order valence-electron chi connectivity index (χ3n) is 4.77. The number of halogens is 2. The lowest BCUT2D eigenvalue weighted by Crippen LogP contribution is -2.36. The summed E-state index contributed by atoms with van der Waals surface area (Å²) >= 11 is 11.9. The average Bonchev–Trinajstić information content (AvgIpc) is 3.27. The first-order valence-electron chi connectivity index (χ1n) is 9.12. The number of imide groups is 1. The van der Waals surface area contributed by atoms with Crippen LogP contribution in [0.4, 0.5) is 4.79 Å². The zero-order valence-electron chi connectivity index (χ0n) is 15.6. The van der Waals surface area contributed by atoms with Crippen molar-refractivity contribution in [1.82, 2.24) is 15.5 Å². The zero-order chi connectivity index (χ0) is 21.3. The van der Waals surface area contributed by atoms with Crippen molar-refractivity contribution in [2.75, 3.05) is 6.79 Å². The van der Waals surface area contributed by atoms with Gasteiger partial charge in [0.15, 0.2) is 11.5 Å². The number of hydrogen-bond donors (Lipinski definition) is 2. The first kappa shape index (κ1) is 20.3. The Balaban J connectivity index is 1.33. The van der Waals surface area contributed by atoms with Gasteiger partial charge in [-0.25, -0.2) is 4.79 Å². The molecule has 0 saturated carbocycles. The molecule has 0 aliphatic carbocycles. The molecule has 4 amide bonds. The third kappa shape index (κ3) is 4.29. The highest BCUT2D eigenvalue weighted by molar-refractivity contribution is 6.35. The molecule has 2 aromatic rings. The van der Waals surface area contributed by atoms with E-state index < -0.39 is 18.0 Å². The molecule has 4 rings (SSSR count). The fourth-order valence-corrected chi connectivity index (χ4v) is 3.68. The van der Waals surface area contributed by atoms with Gasteiger partial charge in [-0.1, -0.05) is 35.3 Å². The maximum absolute atomic E-state index is 12.6. The Labute approximate surface area is 182 Å². The Morgan fingerprint density at radius 2 is 1.93 bits per heavy atom. The minimum atomic E-state index is -0.924. The maximum atomic E-state index is 12.6. The number of nitrogens with one attached hydrogen (secondary N) is 2. The summed E-state index contributed by atoms with van der Waals surface area (Å²) in [5.74, 6) is 0.338. The van der Waals surface area contributed by atoms with Crippen LogP contribution in [-0.2, 0) is 22.7 Å². The lowest BCUT2D eigenvalue weighted by atomic mass is 10.1. The van der Waals surface area contributed by atoms with E-state index in [4.69, 9.17) is 32.7 Å². The quantitative estimate of drug-likeness (QED) is 0.660. The highest BCUT2D eigenvalue weighted by Crippen LogP contribution is 2.33. The summed E-state index contributed by atoms with van der Waals surface area (Å²) in [6.07, 6.45) is -0.173. The predicted octanol–water partition coefficient (Wildman–Crippen LogP) is 2.85. The van der Waals surface area contributed by atoms with Crippen molar-refractivity contribution in [2.45, 2.75) is 25.6 Å². The number of nitrogens with zero attached hydrogens (tertiary/aromatic N) is 1. The number of ether oxygens (including phenoxy) is 2. The van der Waals surface area contributed by atoms with Gasteiger partial charge in [0, 0.05) is 16.6 Å². The summed E-state index contributed by atoms with van der Waals surface area (Å²) in [6, 6.07) is 8.69. The van der Waals surface area contributed by atoms with Crippen molar-refractivity contribution < 1.29 is 23.9 Å². The number of amides is 4. The van der Waals surface area contributed by atoms with Crippen LogP contribution < -0.4 is 20.1 Å². The number of urea groups is 1. The molecule has 0 radical (unpaired) electrons. The van der Waals surface area contributed by atoms with Crippen LogP contribution in [0.25, 0.3) is 0 Å². The SMILES string of the molecule is O=C(CC1NC(=O)N(Cc2ccc3c(c2)OCO3)C1=O)NCc1ccc(Cl)cc1Cl. The second kappa shape index (κ2) is 8.41. The highest BCUT2D eigenvalue weighted by Gasteiger charge is 2.39. The minimum absolute atomic E-state index is 0.0693. The molecule has 0 aromatic heterocycles. The Hall–Kier alpha value is -2.97. The van der Waals surface area contributed by atoms with E-state index in [0.717, 1.165) is 4.90 Å². The first-order chi connectivity index (χ1) is 14.4. The molecule has 1 atom stereocenters. The Morgan fingerprint density at radius 3 is 2.73 bits per heavy atom. The maximum Gasteiger partial charge on any atom is 0.325 e. The van der Waals surface area contributed by atoms with Gasteiger partial charge in [0.05, 0.1) is 13.0 Å². The average molecular weight is 450 g/mol. The summed E-state index contributed by atoms with van der Waals surface area (Å²) in [5.41, 5.74) is 1.41. The summed E-state index contributed by atoms with van der Waals surface area (Å²) in [6.45, 7) is 0.394. The fourth-order valence-electron chi connectivity index (χ4n) is 3.20. The minimum Gasteiger partial charge on any atom is -0.454 e. The van der Waals surface area contributed by atoms with Gasteiger partial charge in [-0.15, -0.1) is 0 Å². The van der Waals surface area contributed by atoms with Gasteiger partial charge in [0.1, 0.15) is 6.04 Å². The van der Waals surface area contributed by atoms with E-state index in [-0.39, 0.29) is 32.2 Å². The molecule has 1 saturated heterocycles. The Morgan fingerprint density at radius 1 is 1.13 bits per heavy atom. The largest absolute Gasteiger partial charge is 0.454 e. The van der Waals surface area contributed by atoms with Crippen LogP contribution in [0, 0.1) is 0 Å². The summed E-state index contributed by atoms with van der Waals surface area (Å²) in [5, 5.41) is 6.18. The normalized spacial score (nSPS) is 17.3. The molecule has 2 aliphatic rings. The van der Waals surface area contributed by atoms with E-state index in [1.807, 2.05) is 0 Å². The van der Waals surface area contributed by atoms with Crippen LogP contribution in [0.1, 0.15) is 17.5 Å². The molecule has 2 aromatic carbocycles. The van der Waals surface area contributed by atoms with Crippen molar-refractivity contribution in [3.05, 3.63) is 57.6 Å². The van der Waals surface area contributed by atoms with Crippen LogP contribution in [0.15, 0.2) is 36.4 Å². The van der Waals surface area contributed by atoms with E-state index in [1.165, 1.54) is 0 Å². The zero-order valence-corrected chi connectivity index (χ0v) is 17.1. The van der Waals surface area contributed by atoms with Gasteiger partial charge in [0.2, 0.25) is 12.7 Å². The second-order valence-electron chi connectivity index (χ2n) is 6.83. The topological polar surface area (TPSA) is 97.0 Å². The molecular weight excluding hydrogens is 433 g/mol. The number of fused-ring (bicyclic) bond motifs is 1. The second-order valence-corrected chi connectivity index (χ2v) is 7.67. The molecule has 2 heterocycles. The summed E-state index contributed by atoms with van der Waals surface area (Å²) < 4.78 is 10.6. The lowest BCUT2D eigenvalue weighted by Gasteiger charge is -2.13. The van der Waals surface area contributed by atoms with E-state index >= 15 is 0 Å². The third-order valence-corrected chi connectivity index (χ3v) is 5.35. The number of benzene rings is 2. The van der Waals surface area contributed by atoms with Crippen LogP contribution >= 0.6 is 23.2 Å². The van der Waals surface area contributed by atoms with Gasteiger partial charge >= 0.3 is 6.03 Å². The summed E-state index contributed by atoms with van der Waals surface area (Å²) in [4.78, 5) is 38.2. The molecule has 0 bridgehead atoms. The van der Waals surface area contributed by atoms with Gasteiger partial charge in [0.25, 0.3) is 5.91 Å². The van der Waals surface area contributed by atoms with Crippen molar-refractivity contribution in [3.8, 4) is 11.5 Å². The standard InChI is InChI=1S/C20H17Cl2N3O5/c21-13-3-2-12(14(22)6-13)8-23-18(26)7-15-19(27)25(20(28)24-15)9-11-1-4-16-17(5-11)30-10-29-16/h1-6,15H,7-10H2,(H,23,26)(H,24,28). The van der Waals surface area contributed by atoms with Crippen LogP contribution in [0.2, 0.25) is 10.0 Å². The van der Waals surface area contributed by atoms with Crippen molar-refractivity contribution in [1.29, 1.82) is 0 Å². The molecule has 30 heavy (non-hydrogen) atoms. The monoisotopic (exact) mass is 449 g/mol. The molecular formula is C20H17Cl2N3O5. The van der Waals surface area contributed by atoms with Gasteiger partial charge < -0.3 is 20.1 Å². The molecule has 2 N–H and O–H groups in total. The van der Waals surface area contributed by atoms with E-state index in [0.29, 0.717) is 32.7 Å². The first-order valence-corrected chi connectivity index (χ1v) is 9.87. The van der Waals surface area contributed by atoms with Gasteiger partial charge in [-0.05, 0) is 35.4 Å². The van der Waals surface area contributed by atoms with E-state index in [1.54, 1.807) is 36.4 Å². The molecule has 10 heteroatoms. The number of carbonyl (C=O) groups is 3. The molecule has 1 unspecified atom stereocenters. The van der Waals surface area contributed by atoms with Crippen LogP contribution in [0.3, 0.4) is 0 Å². The fraction of sp³-hybridized carbons (Fsp3) is 0.250. The van der Waals surface area contributed by atoms with Crippen molar-refractivity contribution >= 4 is 41.0 Å². The molecule has 2 aliphatic heterocycles. The van der Waals surface area contributed by atoms with Crippen LogP contribution in [0.5, 0.6) is 11.5 Å². The smallest absolute Gasteiger partial charge is 0.325 e. The van der Waals surface area contributed by atoms with Crippen LogP contribution in [-0.4, -0.2) is 35.6 Å². The molecule has 8 nitrogen and oxygen atoms in total. The summed E-state index contributed by atoms with van der Waals surface area (Å²) in [7, 11) is 0.